The van der Waals surface area contributed by atoms with Gasteiger partial charge in [0, 0.05) is 6.54 Å². The number of carbonyl (C=O) groups excluding carboxylic acids is 1. The molecule has 5 nitrogen and oxygen atoms in total. The molecule has 0 aromatic heterocycles. The molecule has 0 spiro atoms. The monoisotopic (exact) mass is 349 g/mol. The van der Waals surface area contributed by atoms with Gasteiger partial charge < -0.3 is 9.84 Å². The zero-order chi connectivity index (χ0) is 16.8. The topological polar surface area (TPSA) is 66.8 Å². The molecule has 1 heterocycles. The molecule has 0 atom stereocenters. The average Bonchev–Trinajstić information content (AvgIpc) is 2.78. The first-order valence-corrected chi connectivity index (χ1v) is 8.04. The van der Waals surface area contributed by atoms with Gasteiger partial charge >= 0.3 is 5.97 Å². The van der Waals surface area contributed by atoms with E-state index in [1.807, 2.05) is 12.1 Å². The molecule has 2 rings (SSSR count). The summed E-state index contributed by atoms with van der Waals surface area (Å²) in [6, 6.07) is 7.28. The Morgan fingerprint density at radius 2 is 2.09 bits per heavy atom. The van der Waals surface area contributed by atoms with Crippen molar-refractivity contribution in [3.8, 4) is 5.75 Å². The van der Waals surface area contributed by atoms with Gasteiger partial charge in [-0.05, 0) is 23.8 Å². The Bertz CT molecular complexity index is 667. The number of ether oxygens (including phenoxy) is 1. The lowest BCUT2D eigenvalue weighted by Crippen LogP contribution is -2.30. The van der Waals surface area contributed by atoms with Crippen LogP contribution in [0.3, 0.4) is 0 Å². The average molecular weight is 349 g/mol. The second-order valence-corrected chi connectivity index (χ2v) is 6.32. The SMILES string of the molecule is C=CCOc1ccc(/C=C2/SC(=S)N(CCC(=O)O)C2=O)cc1. The number of amides is 1. The molecule has 1 saturated heterocycles. The zero-order valence-electron chi connectivity index (χ0n) is 12.2. The summed E-state index contributed by atoms with van der Waals surface area (Å²) in [6.45, 7) is 4.10. The second kappa shape index (κ2) is 7.94. The minimum absolute atomic E-state index is 0.0890. The van der Waals surface area contributed by atoms with Crippen LogP contribution in [0.5, 0.6) is 5.75 Å². The predicted octanol–water partition coefficient (Wildman–Crippen LogP) is 2.93. The number of carbonyl (C=O) groups is 2. The number of thiocarbonyl (C=S) groups is 1. The van der Waals surface area contributed by atoms with Crippen molar-refractivity contribution >= 4 is 46.3 Å². The number of nitrogens with zero attached hydrogens (tertiary/aromatic N) is 1. The van der Waals surface area contributed by atoms with Crippen molar-refractivity contribution in [1.29, 1.82) is 0 Å². The Morgan fingerprint density at radius 1 is 1.39 bits per heavy atom. The van der Waals surface area contributed by atoms with Gasteiger partial charge in [-0.1, -0.05) is 48.8 Å². The summed E-state index contributed by atoms with van der Waals surface area (Å²) in [5.74, 6) is -0.498. The highest BCUT2D eigenvalue weighted by molar-refractivity contribution is 8.26. The van der Waals surface area contributed by atoms with E-state index >= 15 is 0 Å². The minimum Gasteiger partial charge on any atom is -0.490 e. The summed E-state index contributed by atoms with van der Waals surface area (Å²) in [5.41, 5.74) is 0.842. The van der Waals surface area contributed by atoms with Gasteiger partial charge in [-0.25, -0.2) is 0 Å². The maximum atomic E-state index is 12.3. The molecular weight excluding hydrogens is 334 g/mol. The van der Waals surface area contributed by atoms with Gasteiger partial charge in [-0.3, -0.25) is 14.5 Å². The van der Waals surface area contributed by atoms with Crippen molar-refractivity contribution in [2.75, 3.05) is 13.2 Å². The van der Waals surface area contributed by atoms with Crippen molar-refractivity contribution in [3.63, 3.8) is 0 Å². The normalized spacial score (nSPS) is 16.0. The first kappa shape index (κ1) is 17.2. The molecule has 0 saturated carbocycles. The fraction of sp³-hybridized carbons (Fsp3) is 0.188. The molecule has 1 N–H and O–H groups in total. The number of hydrogen-bond acceptors (Lipinski definition) is 5. The van der Waals surface area contributed by atoms with Gasteiger partial charge in [0.25, 0.3) is 5.91 Å². The molecule has 7 heteroatoms. The lowest BCUT2D eigenvalue weighted by molar-refractivity contribution is -0.137. The number of hydrogen-bond donors (Lipinski definition) is 1. The van der Waals surface area contributed by atoms with Crippen LogP contribution in [0.15, 0.2) is 41.8 Å². The van der Waals surface area contributed by atoms with Crippen LogP contribution >= 0.6 is 24.0 Å². The number of thioether (sulfide) groups is 1. The molecule has 1 aromatic carbocycles. The van der Waals surface area contributed by atoms with E-state index in [0.717, 1.165) is 11.3 Å². The summed E-state index contributed by atoms with van der Waals surface area (Å²) in [6.07, 6.45) is 3.27. The highest BCUT2D eigenvalue weighted by Crippen LogP contribution is 2.32. The van der Waals surface area contributed by atoms with Crippen LogP contribution in [0.2, 0.25) is 0 Å². The van der Waals surface area contributed by atoms with Crippen molar-refractivity contribution in [2.24, 2.45) is 0 Å². The Hall–Kier alpha value is -2.12. The van der Waals surface area contributed by atoms with Crippen LogP contribution in [-0.4, -0.2) is 39.4 Å². The first-order valence-electron chi connectivity index (χ1n) is 6.82. The van der Waals surface area contributed by atoms with E-state index in [-0.39, 0.29) is 18.9 Å². The van der Waals surface area contributed by atoms with E-state index in [1.165, 1.54) is 16.7 Å². The molecule has 1 aliphatic rings. The molecule has 1 aliphatic heterocycles. The van der Waals surface area contributed by atoms with Gasteiger partial charge in [0.1, 0.15) is 16.7 Å². The van der Waals surface area contributed by atoms with E-state index in [0.29, 0.717) is 15.8 Å². The largest absolute Gasteiger partial charge is 0.490 e. The number of aliphatic carboxylic acids is 1. The highest BCUT2D eigenvalue weighted by Gasteiger charge is 2.31. The number of carboxylic acid groups (broad SMARTS) is 1. The van der Waals surface area contributed by atoms with Crippen LogP contribution in [0.4, 0.5) is 0 Å². The Kier molecular flexibility index (Phi) is 5.95. The van der Waals surface area contributed by atoms with Crippen LogP contribution in [0.1, 0.15) is 12.0 Å². The van der Waals surface area contributed by atoms with Crippen molar-refractivity contribution in [3.05, 3.63) is 47.4 Å². The molecule has 1 fully saturated rings. The van der Waals surface area contributed by atoms with Crippen LogP contribution in [-0.2, 0) is 9.59 Å². The van der Waals surface area contributed by atoms with Crippen molar-refractivity contribution in [2.45, 2.75) is 6.42 Å². The van der Waals surface area contributed by atoms with E-state index in [1.54, 1.807) is 24.3 Å². The quantitative estimate of drug-likeness (QED) is 0.464. The predicted molar refractivity (Wildman–Crippen MR) is 94.3 cm³/mol. The molecule has 0 aliphatic carbocycles. The fourth-order valence-corrected chi connectivity index (χ4v) is 3.18. The summed E-state index contributed by atoms with van der Waals surface area (Å²) in [5, 5.41) is 8.71. The van der Waals surface area contributed by atoms with Crippen molar-refractivity contribution in [1.82, 2.24) is 4.90 Å². The van der Waals surface area contributed by atoms with E-state index in [4.69, 9.17) is 22.1 Å². The molecule has 0 bridgehead atoms. The Morgan fingerprint density at radius 3 is 2.70 bits per heavy atom. The summed E-state index contributed by atoms with van der Waals surface area (Å²) >= 11 is 6.31. The van der Waals surface area contributed by atoms with Crippen molar-refractivity contribution < 1.29 is 19.4 Å². The molecule has 1 aromatic rings. The maximum Gasteiger partial charge on any atom is 0.305 e. The van der Waals surface area contributed by atoms with E-state index in [9.17, 15) is 9.59 Å². The van der Waals surface area contributed by atoms with Crippen LogP contribution in [0, 0.1) is 0 Å². The number of benzene rings is 1. The molecular formula is C16H15NO4S2. The summed E-state index contributed by atoms with van der Waals surface area (Å²) in [7, 11) is 0. The third-order valence-electron chi connectivity index (χ3n) is 2.97. The number of carboxylic acids is 1. The van der Waals surface area contributed by atoms with E-state index < -0.39 is 5.97 Å². The lowest BCUT2D eigenvalue weighted by Gasteiger charge is -2.12. The van der Waals surface area contributed by atoms with Crippen LogP contribution < -0.4 is 4.74 Å². The van der Waals surface area contributed by atoms with E-state index in [2.05, 4.69) is 6.58 Å². The number of rotatable bonds is 7. The Balaban J connectivity index is 2.07. The highest BCUT2D eigenvalue weighted by atomic mass is 32.2. The Labute approximate surface area is 143 Å². The molecule has 0 radical (unpaired) electrons. The molecule has 23 heavy (non-hydrogen) atoms. The van der Waals surface area contributed by atoms with Gasteiger partial charge in [-0.15, -0.1) is 0 Å². The third-order valence-corrected chi connectivity index (χ3v) is 4.35. The van der Waals surface area contributed by atoms with Gasteiger partial charge in [0.2, 0.25) is 0 Å². The minimum atomic E-state index is -0.960. The fourth-order valence-electron chi connectivity index (χ4n) is 1.87. The molecule has 120 valence electrons. The molecule has 0 unspecified atom stereocenters. The summed E-state index contributed by atoms with van der Waals surface area (Å²) in [4.78, 5) is 24.7. The van der Waals surface area contributed by atoms with Gasteiger partial charge in [-0.2, -0.15) is 0 Å². The van der Waals surface area contributed by atoms with Gasteiger partial charge in [0.05, 0.1) is 11.3 Å². The zero-order valence-corrected chi connectivity index (χ0v) is 13.9. The third kappa shape index (κ3) is 4.67. The van der Waals surface area contributed by atoms with Gasteiger partial charge in [0.15, 0.2) is 0 Å². The van der Waals surface area contributed by atoms with Crippen LogP contribution in [0.25, 0.3) is 6.08 Å². The second-order valence-electron chi connectivity index (χ2n) is 4.65. The maximum absolute atomic E-state index is 12.3. The first-order chi connectivity index (χ1) is 11.0. The lowest BCUT2D eigenvalue weighted by atomic mass is 10.2. The summed E-state index contributed by atoms with van der Waals surface area (Å²) < 4.78 is 5.78. The smallest absolute Gasteiger partial charge is 0.305 e. The standard InChI is InChI=1S/C16H15NO4S2/c1-2-9-21-12-5-3-11(4-6-12)10-13-15(20)17(16(22)23-13)8-7-14(18)19/h2-6,10H,1,7-9H2,(H,18,19)/b13-10+. The molecule has 1 amide bonds.